The largest absolute Gasteiger partial charge is 0.497 e. The van der Waals surface area contributed by atoms with Crippen molar-refractivity contribution in [1.29, 1.82) is 0 Å². The van der Waals surface area contributed by atoms with E-state index in [1.54, 1.807) is 12.0 Å². The number of thiocarbonyl (C=S) groups is 1. The molecule has 0 unspecified atom stereocenters. The quantitative estimate of drug-likeness (QED) is 0.208. The van der Waals surface area contributed by atoms with Gasteiger partial charge in [-0.1, -0.05) is 75.3 Å². The number of rotatable bonds is 10. The normalized spacial score (nSPS) is 15.7. The summed E-state index contributed by atoms with van der Waals surface area (Å²) in [5, 5.41) is 4.93. The van der Waals surface area contributed by atoms with Gasteiger partial charge in [-0.05, 0) is 61.2 Å². The molecule has 0 aliphatic carbocycles. The first-order chi connectivity index (χ1) is 17.4. The standard InChI is InChI=1S/C29H33N3O2S2/c1-5-7-11-21(6-2)18-31-28(33)26(36-29(31)35)17-22-19-32(23-12-9-8-10-13-23)30-27(22)25-15-14-24(34-4)16-20(25)3/h8-10,12-17,19,21H,5-7,11,18H2,1-4H3/b26-17-/t21-/m0/s1. The molecule has 0 saturated carbocycles. The second kappa shape index (κ2) is 11.9. The average Bonchev–Trinajstić information content (AvgIpc) is 3.42. The number of para-hydroxylation sites is 1. The van der Waals surface area contributed by atoms with Crippen LogP contribution in [0.2, 0.25) is 0 Å². The van der Waals surface area contributed by atoms with Crippen molar-refractivity contribution in [2.45, 2.75) is 46.5 Å². The summed E-state index contributed by atoms with van der Waals surface area (Å²) in [6.45, 7) is 7.12. The zero-order valence-electron chi connectivity index (χ0n) is 21.4. The third-order valence-corrected chi connectivity index (χ3v) is 7.97. The van der Waals surface area contributed by atoms with Gasteiger partial charge in [-0.3, -0.25) is 9.69 Å². The minimum absolute atomic E-state index is 0.00943. The van der Waals surface area contributed by atoms with E-state index in [9.17, 15) is 4.79 Å². The third kappa shape index (κ3) is 5.73. The molecule has 1 amide bonds. The molecule has 36 heavy (non-hydrogen) atoms. The van der Waals surface area contributed by atoms with Gasteiger partial charge in [0, 0.05) is 23.9 Å². The molecule has 1 aromatic heterocycles. The highest BCUT2D eigenvalue weighted by Gasteiger charge is 2.33. The number of aryl methyl sites for hydroxylation is 1. The van der Waals surface area contributed by atoms with Crippen LogP contribution in [0.3, 0.4) is 0 Å². The zero-order valence-corrected chi connectivity index (χ0v) is 23.0. The number of aromatic nitrogens is 2. The molecule has 0 radical (unpaired) electrons. The number of amides is 1. The summed E-state index contributed by atoms with van der Waals surface area (Å²) in [6, 6.07) is 16.0. The van der Waals surface area contributed by atoms with Gasteiger partial charge in [0.15, 0.2) is 0 Å². The van der Waals surface area contributed by atoms with Gasteiger partial charge in [0.2, 0.25) is 0 Å². The second-order valence-corrected chi connectivity index (χ2v) is 10.8. The van der Waals surface area contributed by atoms with E-state index in [2.05, 4.69) is 13.8 Å². The van der Waals surface area contributed by atoms with E-state index in [1.165, 1.54) is 18.2 Å². The van der Waals surface area contributed by atoms with Crippen LogP contribution in [0, 0.1) is 12.8 Å². The molecule has 0 spiro atoms. The molecule has 3 aromatic rings. The lowest BCUT2D eigenvalue weighted by Crippen LogP contribution is -2.33. The average molecular weight is 520 g/mol. The van der Waals surface area contributed by atoms with Gasteiger partial charge in [0.05, 0.1) is 17.7 Å². The molecule has 7 heteroatoms. The van der Waals surface area contributed by atoms with E-state index in [-0.39, 0.29) is 5.91 Å². The smallest absolute Gasteiger partial charge is 0.266 e. The monoisotopic (exact) mass is 519 g/mol. The summed E-state index contributed by atoms with van der Waals surface area (Å²) in [7, 11) is 1.66. The second-order valence-electron chi connectivity index (χ2n) is 9.10. The predicted octanol–water partition coefficient (Wildman–Crippen LogP) is 7.27. The van der Waals surface area contributed by atoms with E-state index in [4.69, 9.17) is 22.1 Å². The molecule has 1 fully saturated rings. The van der Waals surface area contributed by atoms with Crippen LogP contribution in [0.5, 0.6) is 5.75 Å². The Hall–Kier alpha value is -2.90. The molecule has 188 valence electrons. The van der Waals surface area contributed by atoms with Crippen molar-refractivity contribution in [2.24, 2.45) is 5.92 Å². The Kier molecular flexibility index (Phi) is 8.64. The first kappa shape index (κ1) is 26.2. The Bertz CT molecular complexity index is 1270. The van der Waals surface area contributed by atoms with Crippen molar-refractivity contribution in [3.05, 3.63) is 70.8 Å². The molecule has 0 N–H and O–H groups in total. The molecule has 5 nitrogen and oxygen atoms in total. The van der Waals surface area contributed by atoms with Crippen molar-refractivity contribution in [1.82, 2.24) is 14.7 Å². The highest BCUT2D eigenvalue weighted by atomic mass is 32.2. The van der Waals surface area contributed by atoms with Crippen molar-refractivity contribution in [2.75, 3.05) is 13.7 Å². The molecule has 0 bridgehead atoms. The van der Waals surface area contributed by atoms with Crippen molar-refractivity contribution < 1.29 is 9.53 Å². The lowest BCUT2D eigenvalue weighted by molar-refractivity contribution is -0.122. The lowest BCUT2D eigenvalue weighted by Gasteiger charge is -2.21. The van der Waals surface area contributed by atoms with Crippen LogP contribution in [-0.4, -0.2) is 38.6 Å². The minimum Gasteiger partial charge on any atom is -0.497 e. The number of ether oxygens (including phenoxy) is 1. The summed E-state index contributed by atoms with van der Waals surface area (Å²) in [5.41, 5.74) is 4.71. The summed E-state index contributed by atoms with van der Waals surface area (Å²) >= 11 is 7.02. The number of carbonyl (C=O) groups is 1. The van der Waals surface area contributed by atoms with Gasteiger partial charge in [-0.25, -0.2) is 4.68 Å². The van der Waals surface area contributed by atoms with Gasteiger partial charge in [0.1, 0.15) is 15.8 Å². The molecule has 1 atom stereocenters. The summed E-state index contributed by atoms with van der Waals surface area (Å²) in [4.78, 5) is 15.9. The first-order valence-electron chi connectivity index (χ1n) is 12.5. The van der Waals surface area contributed by atoms with Crippen molar-refractivity contribution in [3.63, 3.8) is 0 Å². The molecular formula is C29H33N3O2S2. The summed E-state index contributed by atoms with van der Waals surface area (Å²) in [6.07, 6.45) is 8.42. The maximum atomic E-state index is 13.4. The SMILES string of the molecule is CCCC[C@H](CC)CN1C(=O)/C(=C/c2cn(-c3ccccc3)nc2-c2ccc(OC)cc2C)SC1=S. The van der Waals surface area contributed by atoms with E-state index in [0.29, 0.717) is 21.7 Å². The molecule has 1 saturated heterocycles. The van der Waals surface area contributed by atoms with Crippen LogP contribution in [0.25, 0.3) is 23.0 Å². The van der Waals surface area contributed by atoms with Crippen LogP contribution >= 0.6 is 24.0 Å². The summed E-state index contributed by atoms with van der Waals surface area (Å²) < 4.78 is 7.90. The van der Waals surface area contributed by atoms with Gasteiger partial charge >= 0.3 is 0 Å². The molecular weight excluding hydrogens is 486 g/mol. The molecule has 2 heterocycles. The number of carbonyl (C=O) groups excluding carboxylic acids is 1. The van der Waals surface area contributed by atoms with Crippen molar-refractivity contribution >= 4 is 40.3 Å². The van der Waals surface area contributed by atoms with E-state index >= 15 is 0 Å². The maximum absolute atomic E-state index is 13.4. The predicted molar refractivity (Wildman–Crippen MR) is 153 cm³/mol. The Labute approximate surface area is 223 Å². The number of methoxy groups -OCH3 is 1. The maximum Gasteiger partial charge on any atom is 0.266 e. The Morgan fingerprint density at radius 2 is 1.94 bits per heavy atom. The van der Waals surface area contributed by atoms with Gasteiger partial charge < -0.3 is 4.74 Å². The third-order valence-electron chi connectivity index (χ3n) is 6.60. The van der Waals surface area contributed by atoms with Gasteiger partial charge in [-0.15, -0.1) is 0 Å². The number of benzene rings is 2. The van der Waals surface area contributed by atoms with Crippen LogP contribution in [0.15, 0.2) is 59.6 Å². The molecule has 1 aliphatic rings. The highest BCUT2D eigenvalue weighted by molar-refractivity contribution is 8.26. The van der Waals surface area contributed by atoms with Crippen LogP contribution in [-0.2, 0) is 4.79 Å². The lowest BCUT2D eigenvalue weighted by atomic mass is 9.99. The Morgan fingerprint density at radius 3 is 2.61 bits per heavy atom. The number of thioether (sulfide) groups is 1. The van der Waals surface area contributed by atoms with Crippen LogP contribution in [0.4, 0.5) is 0 Å². The molecule has 1 aliphatic heterocycles. The van der Waals surface area contributed by atoms with E-state index in [1.807, 2.05) is 72.4 Å². The molecule has 4 rings (SSSR count). The zero-order chi connectivity index (χ0) is 25.7. The number of unbranched alkanes of at least 4 members (excludes halogenated alkanes) is 1. The number of hydrogen-bond donors (Lipinski definition) is 0. The number of hydrogen-bond acceptors (Lipinski definition) is 5. The van der Waals surface area contributed by atoms with Gasteiger partial charge in [0.25, 0.3) is 5.91 Å². The summed E-state index contributed by atoms with van der Waals surface area (Å²) in [5.74, 6) is 1.25. The number of nitrogens with zero attached hydrogens (tertiary/aromatic N) is 3. The topological polar surface area (TPSA) is 47.4 Å². The fraction of sp³-hybridized carbons (Fsp3) is 0.345. The Morgan fingerprint density at radius 1 is 1.17 bits per heavy atom. The van der Waals surface area contributed by atoms with Crippen LogP contribution < -0.4 is 4.74 Å². The Balaban J connectivity index is 1.71. The van der Waals surface area contributed by atoms with Gasteiger partial charge in [-0.2, -0.15) is 5.10 Å². The minimum atomic E-state index is -0.00943. The van der Waals surface area contributed by atoms with Crippen LogP contribution in [0.1, 0.15) is 50.7 Å². The van der Waals surface area contributed by atoms with E-state index < -0.39 is 0 Å². The first-order valence-corrected chi connectivity index (χ1v) is 13.7. The molecule has 2 aromatic carbocycles. The van der Waals surface area contributed by atoms with Crippen molar-refractivity contribution in [3.8, 4) is 22.7 Å². The highest BCUT2D eigenvalue weighted by Crippen LogP contribution is 2.37. The fourth-order valence-corrected chi connectivity index (χ4v) is 5.68. The van der Waals surface area contributed by atoms with E-state index in [0.717, 1.165) is 53.1 Å². The fourth-order valence-electron chi connectivity index (χ4n) is 4.42.